The van der Waals surface area contributed by atoms with E-state index in [4.69, 9.17) is 5.73 Å². The number of hydrogen-bond donors (Lipinski definition) is 1. The van der Waals surface area contributed by atoms with Crippen LogP contribution >= 0.6 is 0 Å². The third-order valence-corrected chi connectivity index (χ3v) is 4.55. The Morgan fingerprint density at radius 3 is 1.88 bits per heavy atom. The van der Waals surface area contributed by atoms with E-state index >= 15 is 0 Å². The number of rotatable bonds is 2. The van der Waals surface area contributed by atoms with Crippen molar-refractivity contribution < 1.29 is 4.79 Å². The van der Waals surface area contributed by atoms with Gasteiger partial charge in [-0.1, -0.05) is 13.8 Å². The molecule has 0 spiro atoms. The molecule has 1 rings (SSSR count). The van der Waals surface area contributed by atoms with Gasteiger partial charge in [0.05, 0.1) is 5.41 Å². The van der Waals surface area contributed by atoms with E-state index in [1.807, 2.05) is 32.6 Å². The van der Waals surface area contributed by atoms with Gasteiger partial charge in [-0.15, -0.1) is 0 Å². The highest BCUT2D eigenvalue weighted by Crippen LogP contribution is 2.35. The molecule has 1 fully saturated rings. The monoisotopic (exact) mass is 240 g/mol. The van der Waals surface area contributed by atoms with Crippen LogP contribution in [0.3, 0.4) is 0 Å². The molecule has 1 aliphatic rings. The second-order valence-corrected chi connectivity index (χ2v) is 7.30. The van der Waals surface area contributed by atoms with Crippen molar-refractivity contribution in [2.75, 3.05) is 13.1 Å². The van der Waals surface area contributed by atoms with Crippen LogP contribution in [0.1, 0.15) is 54.4 Å². The third-order valence-electron chi connectivity index (χ3n) is 4.55. The summed E-state index contributed by atoms with van der Waals surface area (Å²) in [5, 5.41) is 0. The topological polar surface area (TPSA) is 46.3 Å². The molecule has 0 bridgehead atoms. The summed E-state index contributed by atoms with van der Waals surface area (Å²) in [5.41, 5.74) is 5.51. The lowest BCUT2D eigenvalue weighted by molar-refractivity contribution is -0.145. The van der Waals surface area contributed by atoms with E-state index in [1.54, 1.807) is 0 Å². The van der Waals surface area contributed by atoms with Crippen molar-refractivity contribution in [2.24, 2.45) is 16.6 Å². The van der Waals surface area contributed by atoms with Gasteiger partial charge in [0.1, 0.15) is 0 Å². The highest BCUT2D eigenvalue weighted by atomic mass is 16.2. The zero-order valence-corrected chi connectivity index (χ0v) is 12.3. The molecule has 1 heterocycles. The van der Waals surface area contributed by atoms with Crippen molar-refractivity contribution >= 4 is 5.91 Å². The second-order valence-electron chi connectivity index (χ2n) is 7.30. The van der Waals surface area contributed by atoms with Crippen LogP contribution in [0.15, 0.2) is 0 Å². The van der Waals surface area contributed by atoms with E-state index in [9.17, 15) is 4.79 Å². The summed E-state index contributed by atoms with van der Waals surface area (Å²) >= 11 is 0. The van der Waals surface area contributed by atoms with Crippen molar-refractivity contribution in [3.63, 3.8) is 0 Å². The van der Waals surface area contributed by atoms with E-state index < -0.39 is 11.0 Å². The lowest BCUT2D eigenvalue weighted by atomic mass is 9.73. The molecule has 2 N–H and O–H groups in total. The van der Waals surface area contributed by atoms with Crippen LogP contribution in [0.25, 0.3) is 0 Å². The number of amides is 1. The van der Waals surface area contributed by atoms with Gasteiger partial charge in [0.2, 0.25) is 5.91 Å². The summed E-state index contributed by atoms with van der Waals surface area (Å²) in [6, 6.07) is 0. The van der Waals surface area contributed by atoms with E-state index in [0.717, 1.165) is 25.9 Å². The van der Waals surface area contributed by atoms with E-state index in [0.29, 0.717) is 5.41 Å². The third kappa shape index (κ3) is 3.01. The van der Waals surface area contributed by atoms with Gasteiger partial charge in [-0.3, -0.25) is 4.79 Å². The van der Waals surface area contributed by atoms with Gasteiger partial charge in [-0.25, -0.2) is 0 Å². The van der Waals surface area contributed by atoms with Crippen molar-refractivity contribution in [3.05, 3.63) is 0 Å². The van der Waals surface area contributed by atoms with Gasteiger partial charge in [-0.05, 0) is 46.0 Å². The Hall–Kier alpha value is -0.570. The van der Waals surface area contributed by atoms with Crippen molar-refractivity contribution in [1.82, 2.24) is 4.90 Å². The second kappa shape index (κ2) is 4.27. The Morgan fingerprint density at radius 1 is 1.12 bits per heavy atom. The van der Waals surface area contributed by atoms with Crippen LogP contribution in [0, 0.1) is 10.8 Å². The summed E-state index contributed by atoms with van der Waals surface area (Å²) in [6.07, 6.45) is 2.17. The molecule has 0 aromatic carbocycles. The SMILES string of the molecule is CC1(C)CCN(C(=O)C(C)(C)C(C)(C)N)CC1. The minimum atomic E-state index is -0.505. The quantitative estimate of drug-likeness (QED) is 0.805. The normalized spacial score (nSPS) is 21.5. The number of carbonyl (C=O) groups excluding carboxylic acids is 1. The molecular weight excluding hydrogens is 212 g/mol. The number of nitrogens with zero attached hydrogens (tertiary/aromatic N) is 1. The summed E-state index contributed by atoms with van der Waals surface area (Å²) in [7, 11) is 0. The summed E-state index contributed by atoms with van der Waals surface area (Å²) < 4.78 is 0. The molecule has 0 aliphatic carbocycles. The van der Waals surface area contributed by atoms with Crippen LogP contribution in [-0.4, -0.2) is 29.4 Å². The molecule has 3 nitrogen and oxygen atoms in total. The fraction of sp³-hybridized carbons (Fsp3) is 0.929. The molecule has 17 heavy (non-hydrogen) atoms. The zero-order valence-electron chi connectivity index (χ0n) is 12.3. The highest BCUT2D eigenvalue weighted by molar-refractivity contribution is 5.83. The fourth-order valence-electron chi connectivity index (χ4n) is 1.99. The first-order valence-electron chi connectivity index (χ1n) is 6.56. The van der Waals surface area contributed by atoms with Crippen LogP contribution in [0.4, 0.5) is 0 Å². The molecular formula is C14H28N2O. The van der Waals surface area contributed by atoms with Gasteiger partial charge >= 0.3 is 0 Å². The largest absolute Gasteiger partial charge is 0.342 e. The molecule has 0 unspecified atom stereocenters. The van der Waals surface area contributed by atoms with Crippen LogP contribution < -0.4 is 5.73 Å². The number of piperidine rings is 1. The Kier molecular flexibility index (Phi) is 3.64. The molecule has 1 aliphatic heterocycles. The minimum Gasteiger partial charge on any atom is -0.342 e. The molecule has 100 valence electrons. The van der Waals surface area contributed by atoms with Crippen molar-refractivity contribution in [3.8, 4) is 0 Å². The van der Waals surface area contributed by atoms with Crippen molar-refractivity contribution in [2.45, 2.75) is 59.9 Å². The zero-order chi connectivity index (χ0) is 13.5. The lowest BCUT2D eigenvalue weighted by Gasteiger charge is -2.44. The van der Waals surface area contributed by atoms with Crippen molar-refractivity contribution in [1.29, 1.82) is 0 Å². The van der Waals surface area contributed by atoms with E-state index in [1.165, 1.54) is 0 Å². The maximum absolute atomic E-state index is 12.5. The molecule has 0 aromatic heterocycles. The molecule has 3 heteroatoms. The first-order valence-corrected chi connectivity index (χ1v) is 6.56. The van der Waals surface area contributed by atoms with Gasteiger partial charge in [-0.2, -0.15) is 0 Å². The maximum Gasteiger partial charge on any atom is 0.230 e. The standard InChI is InChI=1S/C14H28N2O/c1-12(2)7-9-16(10-8-12)11(17)13(3,4)14(5,6)15/h7-10,15H2,1-6H3. The average molecular weight is 240 g/mol. The Morgan fingerprint density at radius 2 is 1.53 bits per heavy atom. The number of nitrogens with two attached hydrogens (primary N) is 1. The molecule has 1 amide bonds. The molecule has 0 atom stereocenters. The molecule has 0 radical (unpaired) electrons. The van der Waals surface area contributed by atoms with E-state index in [-0.39, 0.29) is 5.91 Å². The first kappa shape index (κ1) is 14.5. The summed E-state index contributed by atoms with van der Waals surface area (Å²) in [5.74, 6) is 0.195. The van der Waals surface area contributed by atoms with E-state index in [2.05, 4.69) is 13.8 Å². The van der Waals surface area contributed by atoms with Crippen LogP contribution in [0.2, 0.25) is 0 Å². The van der Waals surface area contributed by atoms with Gasteiger partial charge in [0.15, 0.2) is 0 Å². The summed E-state index contributed by atoms with van der Waals surface area (Å²) in [4.78, 5) is 14.5. The predicted molar refractivity (Wildman–Crippen MR) is 71.6 cm³/mol. The highest BCUT2D eigenvalue weighted by Gasteiger charge is 2.43. The average Bonchev–Trinajstić information content (AvgIpc) is 2.15. The molecule has 0 saturated carbocycles. The van der Waals surface area contributed by atoms with Gasteiger partial charge in [0.25, 0.3) is 0 Å². The maximum atomic E-state index is 12.5. The molecule has 0 aromatic rings. The first-order chi connectivity index (χ1) is 7.47. The Balaban J connectivity index is 2.73. The smallest absolute Gasteiger partial charge is 0.230 e. The number of carbonyl (C=O) groups is 1. The Bertz CT molecular complexity index is 290. The Labute approximate surface area is 106 Å². The predicted octanol–water partition coefficient (Wildman–Crippen LogP) is 2.40. The number of likely N-dealkylation sites (tertiary alicyclic amines) is 1. The molecule has 1 saturated heterocycles. The van der Waals surface area contributed by atoms with Crippen LogP contribution in [-0.2, 0) is 4.79 Å². The lowest BCUT2D eigenvalue weighted by Crippen LogP contribution is -2.57. The minimum absolute atomic E-state index is 0.195. The van der Waals surface area contributed by atoms with Gasteiger partial charge in [0, 0.05) is 18.6 Å². The van der Waals surface area contributed by atoms with Crippen LogP contribution in [0.5, 0.6) is 0 Å². The van der Waals surface area contributed by atoms with Gasteiger partial charge < -0.3 is 10.6 Å². The summed E-state index contributed by atoms with van der Waals surface area (Å²) in [6.45, 7) is 14.0. The number of hydrogen-bond acceptors (Lipinski definition) is 2. The fourth-order valence-corrected chi connectivity index (χ4v) is 1.99.